The van der Waals surface area contributed by atoms with Crippen molar-refractivity contribution in [1.29, 1.82) is 0 Å². The molecule has 0 bridgehead atoms. The summed E-state index contributed by atoms with van der Waals surface area (Å²) in [6, 6.07) is 6.09. The van der Waals surface area contributed by atoms with Crippen LogP contribution in [0.5, 0.6) is 5.75 Å². The molecule has 0 aliphatic carbocycles. The molecule has 0 fully saturated rings. The summed E-state index contributed by atoms with van der Waals surface area (Å²) in [5.74, 6) is 1.49. The van der Waals surface area contributed by atoms with E-state index in [-0.39, 0.29) is 0 Å². The predicted octanol–water partition coefficient (Wildman–Crippen LogP) is 3.22. The van der Waals surface area contributed by atoms with E-state index < -0.39 is 0 Å². The number of fused-ring (bicyclic) bond motifs is 1. The number of hydrogen-bond donors (Lipinski definition) is 1. The van der Waals surface area contributed by atoms with Crippen molar-refractivity contribution in [1.82, 2.24) is 4.98 Å². The summed E-state index contributed by atoms with van der Waals surface area (Å²) >= 11 is 1.76. The van der Waals surface area contributed by atoms with Crippen LogP contribution in [0.4, 0.5) is 0 Å². The van der Waals surface area contributed by atoms with Crippen LogP contribution >= 0.6 is 11.3 Å². The highest BCUT2D eigenvalue weighted by atomic mass is 32.1. The summed E-state index contributed by atoms with van der Waals surface area (Å²) in [6.07, 6.45) is 2.12. The first kappa shape index (κ1) is 13.3. The summed E-state index contributed by atoms with van der Waals surface area (Å²) < 4.78 is 6.71. The summed E-state index contributed by atoms with van der Waals surface area (Å²) in [5.41, 5.74) is 6.70. The zero-order valence-corrected chi connectivity index (χ0v) is 11.8. The van der Waals surface area contributed by atoms with Crippen LogP contribution in [-0.2, 0) is 6.42 Å². The van der Waals surface area contributed by atoms with E-state index >= 15 is 0 Å². The molecule has 0 saturated carbocycles. The van der Waals surface area contributed by atoms with E-state index in [0.717, 1.165) is 30.7 Å². The minimum atomic E-state index is 0.566. The molecule has 2 N–H and O–H groups in total. The normalized spacial score (nSPS) is 12.8. The van der Waals surface area contributed by atoms with Gasteiger partial charge in [0.25, 0.3) is 0 Å². The Morgan fingerprint density at radius 3 is 3.00 bits per heavy atom. The number of benzene rings is 1. The predicted molar refractivity (Wildman–Crippen MR) is 77.3 cm³/mol. The molecule has 2 rings (SSSR count). The lowest BCUT2D eigenvalue weighted by atomic mass is 10.1. The second-order valence-corrected chi connectivity index (χ2v) is 5.66. The van der Waals surface area contributed by atoms with Gasteiger partial charge in [0.15, 0.2) is 0 Å². The van der Waals surface area contributed by atoms with E-state index in [1.165, 1.54) is 9.71 Å². The van der Waals surface area contributed by atoms with Crippen LogP contribution in [0.15, 0.2) is 18.2 Å². The monoisotopic (exact) mass is 264 g/mol. The number of ether oxygens (including phenoxy) is 1. The third-order valence-corrected chi connectivity index (χ3v) is 4.05. The number of nitrogens with zero attached hydrogens (tertiary/aromatic N) is 1. The first-order valence-corrected chi connectivity index (χ1v) is 7.27. The molecule has 0 aliphatic heterocycles. The molecule has 0 amide bonds. The molecule has 4 heteroatoms. The molecule has 3 nitrogen and oxygen atoms in total. The third kappa shape index (κ3) is 3.21. The summed E-state index contributed by atoms with van der Waals surface area (Å²) in [7, 11) is 0. The molecule has 0 aliphatic rings. The maximum Gasteiger partial charge on any atom is 0.120 e. The SMILES string of the molecule is CCOc1ccc2nc(CCC(C)CN)sc2c1. The van der Waals surface area contributed by atoms with Gasteiger partial charge >= 0.3 is 0 Å². The molecule has 0 saturated heterocycles. The van der Waals surface area contributed by atoms with Crippen LogP contribution in [0.3, 0.4) is 0 Å². The molecular weight excluding hydrogens is 244 g/mol. The molecule has 2 aromatic rings. The van der Waals surface area contributed by atoms with E-state index in [1.807, 2.05) is 19.1 Å². The standard InChI is InChI=1S/C14H20N2OS/c1-3-17-11-5-6-12-13(8-11)18-14(16-12)7-4-10(2)9-15/h5-6,8,10H,3-4,7,9,15H2,1-2H3. The Kier molecular flexibility index (Phi) is 4.55. The fourth-order valence-electron chi connectivity index (χ4n) is 1.80. The lowest BCUT2D eigenvalue weighted by molar-refractivity contribution is 0.341. The maximum atomic E-state index is 5.63. The van der Waals surface area contributed by atoms with E-state index in [0.29, 0.717) is 12.5 Å². The van der Waals surface area contributed by atoms with Gasteiger partial charge in [0.1, 0.15) is 5.75 Å². The van der Waals surface area contributed by atoms with E-state index in [1.54, 1.807) is 11.3 Å². The van der Waals surface area contributed by atoms with Crippen LogP contribution in [0, 0.1) is 5.92 Å². The van der Waals surface area contributed by atoms with Gasteiger partial charge in [-0.2, -0.15) is 0 Å². The zero-order valence-electron chi connectivity index (χ0n) is 11.0. The molecule has 18 heavy (non-hydrogen) atoms. The second-order valence-electron chi connectivity index (χ2n) is 4.55. The zero-order chi connectivity index (χ0) is 13.0. The average Bonchev–Trinajstić information content (AvgIpc) is 2.78. The van der Waals surface area contributed by atoms with Crippen LogP contribution in [0.2, 0.25) is 0 Å². The van der Waals surface area contributed by atoms with Gasteiger partial charge in [-0.1, -0.05) is 6.92 Å². The van der Waals surface area contributed by atoms with Crippen molar-refractivity contribution in [2.45, 2.75) is 26.7 Å². The van der Waals surface area contributed by atoms with Gasteiger partial charge in [-0.3, -0.25) is 0 Å². The van der Waals surface area contributed by atoms with Crippen molar-refractivity contribution in [2.24, 2.45) is 11.7 Å². The van der Waals surface area contributed by atoms with Gasteiger partial charge in [0.2, 0.25) is 0 Å². The van der Waals surface area contributed by atoms with Gasteiger partial charge in [0.05, 0.1) is 21.8 Å². The van der Waals surface area contributed by atoms with Crippen LogP contribution in [-0.4, -0.2) is 18.1 Å². The fourth-order valence-corrected chi connectivity index (χ4v) is 2.81. The lowest BCUT2D eigenvalue weighted by Crippen LogP contribution is -2.11. The molecule has 1 unspecified atom stereocenters. The molecule has 98 valence electrons. The summed E-state index contributed by atoms with van der Waals surface area (Å²) in [6.45, 7) is 5.63. The van der Waals surface area contributed by atoms with E-state index in [9.17, 15) is 0 Å². The van der Waals surface area contributed by atoms with E-state index in [2.05, 4.69) is 18.0 Å². The largest absolute Gasteiger partial charge is 0.494 e. The van der Waals surface area contributed by atoms with Crippen LogP contribution < -0.4 is 10.5 Å². The Bertz CT molecular complexity index is 509. The van der Waals surface area contributed by atoms with Gasteiger partial charge < -0.3 is 10.5 Å². The van der Waals surface area contributed by atoms with E-state index in [4.69, 9.17) is 10.5 Å². The van der Waals surface area contributed by atoms with Crippen molar-refractivity contribution in [3.63, 3.8) is 0 Å². The fraction of sp³-hybridized carbons (Fsp3) is 0.500. The number of rotatable bonds is 6. The maximum absolute atomic E-state index is 5.63. The Hall–Kier alpha value is -1.13. The number of thiazole rings is 1. The molecule has 1 atom stereocenters. The number of nitrogens with two attached hydrogens (primary N) is 1. The number of hydrogen-bond acceptors (Lipinski definition) is 4. The first-order valence-electron chi connectivity index (χ1n) is 6.45. The highest BCUT2D eigenvalue weighted by molar-refractivity contribution is 7.18. The molecule has 1 heterocycles. The summed E-state index contributed by atoms with van der Waals surface area (Å²) in [5, 5.41) is 1.19. The Balaban J connectivity index is 2.11. The molecule has 1 aromatic carbocycles. The summed E-state index contributed by atoms with van der Waals surface area (Å²) in [4.78, 5) is 4.64. The third-order valence-electron chi connectivity index (χ3n) is 2.97. The van der Waals surface area contributed by atoms with Gasteiger partial charge in [-0.15, -0.1) is 11.3 Å². The van der Waals surface area contributed by atoms with Crippen molar-refractivity contribution in [3.05, 3.63) is 23.2 Å². The van der Waals surface area contributed by atoms with Gasteiger partial charge in [-0.05, 0) is 50.4 Å². The Morgan fingerprint density at radius 1 is 1.44 bits per heavy atom. The van der Waals surface area contributed by atoms with Crippen molar-refractivity contribution >= 4 is 21.6 Å². The second kappa shape index (κ2) is 6.16. The van der Waals surface area contributed by atoms with Crippen molar-refractivity contribution in [3.8, 4) is 5.75 Å². The molecule has 0 spiro atoms. The molecular formula is C14H20N2OS. The Morgan fingerprint density at radius 2 is 2.28 bits per heavy atom. The highest BCUT2D eigenvalue weighted by Crippen LogP contribution is 2.27. The smallest absolute Gasteiger partial charge is 0.120 e. The lowest BCUT2D eigenvalue weighted by Gasteiger charge is -2.04. The molecule has 1 aromatic heterocycles. The highest BCUT2D eigenvalue weighted by Gasteiger charge is 2.07. The molecule has 0 radical (unpaired) electrons. The van der Waals surface area contributed by atoms with Gasteiger partial charge in [0, 0.05) is 0 Å². The van der Waals surface area contributed by atoms with Crippen LogP contribution in [0.1, 0.15) is 25.3 Å². The minimum Gasteiger partial charge on any atom is -0.494 e. The van der Waals surface area contributed by atoms with Crippen LogP contribution in [0.25, 0.3) is 10.2 Å². The van der Waals surface area contributed by atoms with Crippen molar-refractivity contribution < 1.29 is 4.74 Å². The number of aromatic nitrogens is 1. The first-order chi connectivity index (χ1) is 8.72. The average molecular weight is 264 g/mol. The van der Waals surface area contributed by atoms with Crippen molar-refractivity contribution in [2.75, 3.05) is 13.2 Å². The quantitative estimate of drug-likeness (QED) is 0.871. The number of aryl methyl sites for hydroxylation is 1. The van der Waals surface area contributed by atoms with Gasteiger partial charge in [-0.25, -0.2) is 4.98 Å². The Labute approximate surface area is 112 Å². The topological polar surface area (TPSA) is 48.1 Å². The minimum absolute atomic E-state index is 0.566.